The molecule has 0 saturated carbocycles. The standard InChI is InChI=1S/C25H20N6O9S2/c32-20-12-25(15-3-7-17(8-4-15)42(38,39)40,19-13-27-30-23(19)31-29-21-9-10-26-28-21)11-18(24(33)34)22(20)14-1-5-16(6-2-14)41(35,36)37/h1-10,12-13,32H,11H2,(H,26,28)(H,27,30)(H,33,34)(H,35,36,37)(H,38,39,40). The zero-order chi connectivity index (χ0) is 30.3. The lowest BCUT2D eigenvalue weighted by molar-refractivity contribution is -0.132. The normalized spacial score (nSPS) is 17.9. The second kappa shape index (κ2) is 10.5. The van der Waals surface area contributed by atoms with Gasteiger partial charge in [-0.1, -0.05) is 24.3 Å². The number of azo groups is 1. The van der Waals surface area contributed by atoms with Crippen LogP contribution in [0.15, 0.2) is 104 Å². The molecule has 2 aromatic heterocycles. The van der Waals surface area contributed by atoms with Crippen LogP contribution in [0.5, 0.6) is 0 Å². The topological polar surface area (TPSA) is 248 Å². The Bertz CT molecular complexity index is 1980. The number of carbonyl (C=O) groups is 1. The van der Waals surface area contributed by atoms with Crippen LogP contribution in [0.4, 0.5) is 11.6 Å². The van der Waals surface area contributed by atoms with Crippen molar-refractivity contribution in [3.8, 4) is 0 Å². The lowest BCUT2D eigenvalue weighted by atomic mass is 9.66. The van der Waals surface area contributed by atoms with Crippen LogP contribution in [-0.2, 0) is 30.4 Å². The van der Waals surface area contributed by atoms with Gasteiger partial charge in [-0.3, -0.25) is 19.3 Å². The van der Waals surface area contributed by atoms with Crippen LogP contribution in [0.1, 0.15) is 23.1 Å². The Balaban J connectivity index is 1.71. The van der Waals surface area contributed by atoms with Gasteiger partial charge in [-0.15, -0.1) is 10.2 Å². The Morgan fingerprint density at radius 2 is 1.48 bits per heavy atom. The van der Waals surface area contributed by atoms with Crippen molar-refractivity contribution in [1.82, 2.24) is 20.4 Å². The monoisotopic (exact) mass is 612 g/mol. The van der Waals surface area contributed by atoms with Gasteiger partial charge in [0.15, 0.2) is 11.6 Å². The number of aromatic amines is 2. The third kappa shape index (κ3) is 5.36. The average molecular weight is 613 g/mol. The second-order valence-electron chi connectivity index (χ2n) is 9.11. The fourth-order valence-corrected chi connectivity index (χ4v) is 5.67. The molecule has 0 aliphatic heterocycles. The summed E-state index contributed by atoms with van der Waals surface area (Å²) in [4.78, 5) is 11.8. The first-order chi connectivity index (χ1) is 19.8. The maximum absolute atomic E-state index is 12.6. The summed E-state index contributed by atoms with van der Waals surface area (Å²) in [5.41, 5.74) is -1.19. The van der Waals surface area contributed by atoms with Crippen molar-refractivity contribution in [3.63, 3.8) is 0 Å². The van der Waals surface area contributed by atoms with E-state index in [0.29, 0.717) is 11.4 Å². The number of nitrogens with one attached hydrogen (secondary N) is 2. The summed E-state index contributed by atoms with van der Waals surface area (Å²) in [6.07, 6.45) is 3.83. The van der Waals surface area contributed by atoms with Gasteiger partial charge in [0.05, 0.1) is 33.2 Å². The van der Waals surface area contributed by atoms with Gasteiger partial charge in [-0.25, -0.2) is 4.79 Å². The van der Waals surface area contributed by atoms with Crippen LogP contribution in [-0.4, -0.2) is 62.5 Å². The van der Waals surface area contributed by atoms with Gasteiger partial charge in [-0.05, 0) is 47.9 Å². The molecule has 0 amide bonds. The molecule has 0 fully saturated rings. The molecule has 0 spiro atoms. The van der Waals surface area contributed by atoms with E-state index in [-0.39, 0.29) is 34.5 Å². The van der Waals surface area contributed by atoms with Crippen LogP contribution in [0, 0.1) is 0 Å². The maximum atomic E-state index is 12.6. The van der Waals surface area contributed by atoms with Gasteiger partial charge < -0.3 is 10.2 Å². The van der Waals surface area contributed by atoms with Crippen molar-refractivity contribution < 1.29 is 40.9 Å². The first-order valence-electron chi connectivity index (χ1n) is 11.8. The van der Waals surface area contributed by atoms with Crippen LogP contribution >= 0.6 is 0 Å². The van der Waals surface area contributed by atoms with E-state index in [1.165, 1.54) is 42.7 Å². The minimum atomic E-state index is -4.55. The van der Waals surface area contributed by atoms with Crippen LogP contribution in [0.3, 0.4) is 0 Å². The van der Waals surface area contributed by atoms with E-state index >= 15 is 0 Å². The number of rotatable bonds is 8. The summed E-state index contributed by atoms with van der Waals surface area (Å²) in [7, 11) is -9.07. The van der Waals surface area contributed by atoms with E-state index in [2.05, 4.69) is 30.6 Å². The predicted octanol–water partition coefficient (Wildman–Crippen LogP) is 3.71. The van der Waals surface area contributed by atoms with E-state index in [1.807, 2.05) is 0 Å². The number of carboxylic acid groups (broad SMARTS) is 1. The highest BCUT2D eigenvalue weighted by Crippen LogP contribution is 2.49. The number of H-pyrrole nitrogens is 2. The number of hydrogen-bond acceptors (Lipinski definition) is 10. The zero-order valence-corrected chi connectivity index (χ0v) is 22.7. The van der Waals surface area contributed by atoms with E-state index < -0.39 is 47.2 Å². The van der Waals surface area contributed by atoms with Crippen molar-refractivity contribution in [1.29, 1.82) is 0 Å². The minimum absolute atomic E-state index is 0.0817. The molecule has 1 atom stereocenters. The van der Waals surface area contributed by atoms with E-state index in [0.717, 1.165) is 24.3 Å². The number of aliphatic hydroxyl groups is 1. The number of carboxylic acids is 1. The Morgan fingerprint density at radius 3 is 2.02 bits per heavy atom. The van der Waals surface area contributed by atoms with Gasteiger partial charge in [0.1, 0.15) is 5.76 Å². The van der Waals surface area contributed by atoms with Gasteiger partial charge in [0.2, 0.25) is 0 Å². The predicted molar refractivity (Wildman–Crippen MR) is 145 cm³/mol. The highest BCUT2D eigenvalue weighted by Gasteiger charge is 2.43. The van der Waals surface area contributed by atoms with Crippen LogP contribution < -0.4 is 0 Å². The Morgan fingerprint density at radius 1 is 0.857 bits per heavy atom. The van der Waals surface area contributed by atoms with E-state index in [1.54, 1.807) is 6.07 Å². The molecule has 6 N–H and O–H groups in total. The molecule has 216 valence electrons. The maximum Gasteiger partial charge on any atom is 0.332 e. The molecule has 1 aliphatic rings. The summed E-state index contributed by atoms with van der Waals surface area (Å²) >= 11 is 0. The molecule has 5 rings (SSSR count). The largest absolute Gasteiger partial charge is 0.508 e. The Labute approximate surface area is 237 Å². The quantitative estimate of drug-likeness (QED) is 0.124. The number of benzene rings is 2. The molecule has 15 nitrogen and oxygen atoms in total. The third-order valence-electron chi connectivity index (χ3n) is 6.61. The molecule has 0 saturated heterocycles. The molecule has 1 aliphatic carbocycles. The SMILES string of the molecule is O=C(O)C1=C(c2ccc(S(=O)(=O)O)cc2)C(O)=CC(c2ccc(S(=O)(=O)O)cc2)(c2cn[nH]c2N=Nc2ccn[nH]2)C1. The van der Waals surface area contributed by atoms with Gasteiger partial charge in [-0.2, -0.15) is 27.0 Å². The molecule has 4 aromatic rings. The average Bonchev–Trinajstić information content (AvgIpc) is 3.63. The lowest BCUT2D eigenvalue weighted by Gasteiger charge is -2.35. The summed E-state index contributed by atoms with van der Waals surface area (Å²) in [5.74, 6) is -1.54. The van der Waals surface area contributed by atoms with Crippen molar-refractivity contribution in [2.75, 3.05) is 0 Å². The van der Waals surface area contributed by atoms with Crippen molar-refractivity contribution in [3.05, 3.63) is 101 Å². The zero-order valence-electron chi connectivity index (χ0n) is 21.1. The fourth-order valence-electron chi connectivity index (χ4n) is 4.70. The van der Waals surface area contributed by atoms with Gasteiger partial charge >= 0.3 is 5.97 Å². The first kappa shape index (κ1) is 28.6. The molecular weight excluding hydrogens is 592 g/mol. The Hall–Kier alpha value is -4.97. The fraction of sp³-hybridized carbons (Fsp3) is 0.0800. The van der Waals surface area contributed by atoms with Gasteiger partial charge in [0.25, 0.3) is 20.2 Å². The summed E-state index contributed by atoms with van der Waals surface area (Å²) in [6, 6.07) is 11.1. The van der Waals surface area contributed by atoms with Crippen molar-refractivity contribution in [2.24, 2.45) is 10.2 Å². The Kier molecular flexibility index (Phi) is 7.11. The number of aromatic nitrogens is 4. The molecule has 42 heavy (non-hydrogen) atoms. The third-order valence-corrected chi connectivity index (χ3v) is 8.34. The first-order valence-corrected chi connectivity index (χ1v) is 14.7. The smallest absolute Gasteiger partial charge is 0.332 e. The number of allylic oxidation sites excluding steroid dienone is 2. The number of hydrogen-bond donors (Lipinski definition) is 6. The highest BCUT2D eigenvalue weighted by atomic mass is 32.2. The number of aliphatic hydroxyl groups excluding tert-OH is 1. The minimum Gasteiger partial charge on any atom is -0.508 e. The van der Waals surface area contributed by atoms with Crippen molar-refractivity contribution in [2.45, 2.75) is 21.6 Å². The van der Waals surface area contributed by atoms with Crippen molar-refractivity contribution >= 4 is 43.4 Å². The van der Waals surface area contributed by atoms with E-state index in [4.69, 9.17) is 0 Å². The molecule has 2 heterocycles. The summed E-state index contributed by atoms with van der Waals surface area (Å²) in [6.45, 7) is 0. The van der Waals surface area contributed by atoms with Gasteiger partial charge in [0, 0.05) is 17.2 Å². The van der Waals surface area contributed by atoms with Crippen LogP contribution in [0.2, 0.25) is 0 Å². The van der Waals surface area contributed by atoms with E-state index in [9.17, 15) is 40.9 Å². The molecule has 0 bridgehead atoms. The molecule has 0 radical (unpaired) electrons. The molecule has 17 heteroatoms. The highest BCUT2D eigenvalue weighted by molar-refractivity contribution is 7.86. The van der Waals surface area contributed by atoms with Crippen LogP contribution in [0.25, 0.3) is 5.57 Å². The molecule has 2 aromatic carbocycles. The lowest BCUT2D eigenvalue weighted by Crippen LogP contribution is -2.31. The molecular formula is C25H20N6O9S2. The number of aliphatic carboxylic acids is 1. The summed E-state index contributed by atoms with van der Waals surface area (Å²) < 4.78 is 65.1. The number of nitrogens with zero attached hydrogens (tertiary/aromatic N) is 4. The summed E-state index contributed by atoms with van der Waals surface area (Å²) in [5, 5.41) is 42.9. The second-order valence-corrected chi connectivity index (χ2v) is 12.0. The molecule has 1 unspecified atom stereocenters.